The zero-order valence-corrected chi connectivity index (χ0v) is 13.6. The van der Waals surface area contributed by atoms with Crippen LogP contribution in [0.3, 0.4) is 0 Å². The zero-order valence-electron chi connectivity index (χ0n) is 12.8. The van der Waals surface area contributed by atoms with Crippen LogP contribution >= 0.6 is 11.8 Å². The number of nitrogens with one attached hydrogen (secondary N) is 1. The van der Waals surface area contributed by atoms with E-state index in [-0.39, 0.29) is 11.9 Å². The SMILES string of the molecule is CC(Sc1nnc(-c2cccnc2)n1C)C(=O)N1CCNC1=O. The van der Waals surface area contributed by atoms with Gasteiger partial charge in [0, 0.05) is 38.1 Å². The zero-order chi connectivity index (χ0) is 16.4. The summed E-state index contributed by atoms with van der Waals surface area (Å²) in [4.78, 5) is 29.2. The first-order chi connectivity index (χ1) is 11.1. The third-order valence-electron chi connectivity index (χ3n) is 3.51. The van der Waals surface area contributed by atoms with Crippen molar-refractivity contribution in [3.63, 3.8) is 0 Å². The molecule has 1 fully saturated rings. The topological polar surface area (TPSA) is 93.0 Å². The van der Waals surface area contributed by atoms with Gasteiger partial charge in [0.2, 0.25) is 5.91 Å². The van der Waals surface area contributed by atoms with Gasteiger partial charge in [-0.1, -0.05) is 11.8 Å². The molecule has 120 valence electrons. The fourth-order valence-corrected chi connectivity index (χ4v) is 3.15. The van der Waals surface area contributed by atoms with Crippen molar-refractivity contribution in [1.29, 1.82) is 0 Å². The van der Waals surface area contributed by atoms with Crippen molar-refractivity contribution < 1.29 is 9.59 Å². The lowest BCUT2D eigenvalue weighted by atomic mass is 10.3. The number of pyridine rings is 1. The van der Waals surface area contributed by atoms with Crippen molar-refractivity contribution in [3.8, 4) is 11.4 Å². The Hall–Kier alpha value is -2.42. The number of aromatic nitrogens is 4. The van der Waals surface area contributed by atoms with Crippen molar-refractivity contribution >= 4 is 23.7 Å². The molecule has 1 atom stereocenters. The normalized spacial score (nSPS) is 15.6. The van der Waals surface area contributed by atoms with Crippen LogP contribution in [0.2, 0.25) is 0 Å². The van der Waals surface area contributed by atoms with Crippen LogP contribution < -0.4 is 5.32 Å². The molecule has 0 aromatic carbocycles. The van der Waals surface area contributed by atoms with Gasteiger partial charge in [-0.05, 0) is 19.1 Å². The summed E-state index contributed by atoms with van der Waals surface area (Å²) in [5.74, 6) is 0.454. The van der Waals surface area contributed by atoms with Crippen LogP contribution in [0.4, 0.5) is 4.79 Å². The Morgan fingerprint density at radius 3 is 2.91 bits per heavy atom. The molecule has 2 aromatic rings. The van der Waals surface area contributed by atoms with Crippen LogP contribution in [-0.4, -0.2) is 54.9 Å². The number of carbonyl (C=O) groups excluding carboxylic acids is 2. The molecule has 1 saturated heterocycles. The van der Waals surface area contributed by atoms with Crippen LogP contribution in [0.5, 0.6) is 0 Å². The fourth-order valence-electron chi connectivity index (χ4n) is 2.27. The first kappa shape index (κ1) is 15.5. The Morgan fingerprint density at radius 2 is 2.26 bits per heavy atom. The quantitative estimate of drug-likeness (QED) is 0.837. The Balaban J connectivity index is 1.75. The minimum absolute atomic E-state index is 0.226. The van der Waals surface area contributed by atoms with Crippen LogP contribution in [0.25, 0.3) is 11.4 Å². The van der Waals surface area contributed by atoms with Gasteiger partial charge in [0.1, 0.15) is 0 Å². The van der Waals surface area contributed by atoms with Crippen molar-refractivity contribution in [2.45, 2.75) is 17.3 Å². The van der Waals surface area contributed by atoms with Gasteiger partial charge in [-0.15, -0.1) is 10.2 Å². The lowest BCUT2D eigenvalue weighted by Gasteiger charge is -2.16. The molecular formula is C14H16N6O2S. The number of thioether (sulfide) groups is 1. The van der Waals surface area contributed by atoms with E-state index in [1.54, 1.807) is 19.3 Å². The molecule has 3 amide bonds. The minimum atomic E-state index is -0.427. The predicted octanol–water partition coefficient (Wildman–Crippen LogP) is 0.909. The number of hydrogen-bond acceptors (Lipinski definition) is 6. The monoisotopic (exact) mass is 332 g/mol. The molecule has 3 heterocycles. The van der Waals surface area contributed by atoms with Gasteiger partial charge in [0.05, 0.1) is 5.25 Å². The maximum Gasteiger partial charge on any atom is 0.324 e. The van der Waals surface area contributed by atoms with Gasteiger partial charge in [-0.3, -0.25) is 14.7 Å². The molecule has 3 rings (SSSR count). The Bertz CT molecular complexity index is 732. The summed E-state index contributed by atoms with van der Waals surface area (Å²) >= 11 is 1.28. The van der Waals surface area contributed by atoms with Crippen molar-refractivity contribution in [3.05, 3.63) is 24.5 Å². The van der Waals surface area contributed by atoms with E-state index in [0.717, 1.165) is 5.56 Å². The number of rotatable bonds is 4. The molecule has 0 saturated carbocycles. The fraction of sp³-hybridized carbons (Fsp3) is 0.357. The molecule has 1 aliphatic heterocycles. The predicted molar refractivity (Wildman–Crippen MR) is 84.7 cm³/mol. The second kappa shape index (κ2) is 6.37. The van der Waals surface area contributed by atoms with Gasteiger partial charge in [0.15, 0.2) is 11.0 Å². The highest BCUT2D eigenvalue weighted by Crippen LogP contribution is 2.26. The number of carbonyl (C=O) groups is 2. The number of amides is 3. The first-order valence-electron chi connectivity index (χ1n) is 7.13. The molecule has 0 bridgehead atoms. The number of hydrogen-bond donors (Lipinski definition) is 1. The minimum Gasteiger partial charge on any atom is -0.336 e. The summed E-state index contributed by atoms with van der Waals surface area (Å²) in [7, 11) is 1.84. The third-order valence-corrected chi connectivity index (χ3v) is 4.63. The molecule has 1 N–H and O–H groups in total. The maximum atomic E-state index is 12.3. The van der Waals surface area contributed by atoms with Crippen molar-refractivity contribution in [1.82, 2.24) is 30.0 Å². The number of imide groups is 1. The van der Waals surface area contributed by atoms with E-state index in [4.69, 9.17) is 0 Å². The molecule has 0 spiro atoms. The molecule has 0 aliphatic carbocycles. The Kier molecular flexibility index (Phi) is 4.28. The maximum absolute atomic E-state index is 12.3. The van der Waals surface area contributed by atoms with Crippen molar-refractivity contribution in [2.24, 2.45) is 7.05 Å². The van der Waals surface area contributed by atoms with Gasteiger partial charge in [0.25, 0.3) is 0 Å². The van der Waals surface area contributed by atoms with Crippen LogP contribution in [0.15, 0.2) is 29.7 Å². The Labute approximate surface area is 137 Å². The van der Waals surface area contributed by atoms with Crippen LogP contribution in [0.1, 0.15) is 6.92 Å². The molecule has 9 heteroatoms. The molecule has 23 heavy (non-hydrogen) atoms. The van der Waals surface area contributed by atoms with E-state index in [0.29, 0.717) is 24.1 Å². The van der Waals surface area contributed by atoms with Gasteiger partial charge in [-0.25, -0.2) is 4.79 Å². The second-order valence-electron chi connectivity index (χ2n) is 5.09. The highest BCUT2D eigenvalue weighted by atomic mass is 32.2. The number of nitrogens with zero attached hydrogens (tertiary/aromatic N) is 5. The van der Waals surface area contributed by atoms with Gasteiger partial charge >= 0.3 is 6.03 Å². The molecule has 1 aliphatic rings. The highest BCUT2D eigenvalue weighted by molar-refractivity contribution is 8.00. The Morgan fingerprint density at radius 1 is 1.43 bits per heavy atom. The number of urea groups is 1. The van der Waals surface area contributed by atoms with E-state index in [1.165, 1.54) is 16.7 Å². The lowest BCUT2D eigenvalue weighted by Crippen LogP contribution is -2.39. The average molecular weight is 332 g/mol. The molecule has 1 unspecified atom stereocenters. The third kappa shape index (κ3) is 3.04. The summed E-state index contributed by atoms with van der Waals surface area (Å²) in [5, 5.41) is 11.1. The van der Waals surface area contributed by atoms with Crippen molar-refractivity contribution in [2.75, 3.05) is 13.1 Å². The first-order valence-corrected chi connectivity index (χ1v) is 8.01. The van der Waals surface area contributed by atoms with E-state index in [9.17, 15) is 9.59 Å². The standard InChI is InChI=1S/C14H16N6O2S/c1-9(12(21)20-7-6-16-13(20)22)23-14-18-17-11(19(14)2)10-4-3-5-15-8-10/h3-5,8-9H,6-7H2,1-2H3,(H,16,22). The van der Waals surface area contributed by atoms with Crippen LogP contribution in [0, 0.1) is 0 Å². The highest BCUT2D eigenvalue weighted by Gasteiger charge is 2.31. The molecule has 2 aromatic heterocycles. The summed E-state index contributed by atoms with van der Waals surface area (Å²) in [5.41, 5.74) is 0.854. The molecular weight excluding hydrogens is 316 g/mol. The van der Waals surface area contributed by atoms with E-state index in [1.807, 2.05) is 23.7 Å². The smallest absolute Gasteiger partial charge is 0.324 e. The summed E-state index contributed by atoms with van der Waals surface area (Å²) in [6.07, 6.45) is 3.40. The van der Waals surface area contributed by atoms with Crippen LogP contribution in [-0.2, 0) is 11.8 Å². The molecule has 8 nitrogen and oxygen atoms in total. The average Bonchev–Trinajstić information content (AvgIpc) is 3.14. The van der Waals surface area contributed by atoms with E-state index < -0.39 is 5.25 Å². The summed E-state index contributed by atoms with van der Waals surface area (Å²) in [6, 6.07) is 3.39. The van der Waals surface area contributed by atoms with Gasteiger partial charge in [-0.2, -0.15) is 0 Å². The summed E-state index contributed by atoms with van der Waals surface area (Å²) in [6.45, 7) is 2.66. The summed E-state index contributed by atoms with van der Waals surface area (Å²) < 4.78 is 1.81. The van der Waals surface area contributed by atoms with E-state index in [2.05, 4.69) is 20.5 Å². The second-order valence-corrected chi connectivity index (χ2v) is 6.40. The van der Waals surface area contributed by atoms with Gasteiger partial charge < -0.3 is 9.88 Å². The van der Waals surface area contributed by atoms with E-state index >= 15 is 0 Å². The largest absolute Gasteiger partial charge is 0.336 e. The molecule has 0 radical (unpaired) electrons. The lowest BCUT2D eigenvalue weighted by molar-refractivity contribution is -0.126.